The number of sulfonamides is 1. The predicted molar refractivity (Wildman–Crippen MR) is 106 cm³/mol. The van der Waals surface area contributed by atoms with Gasteiger partial charge in [-0.3, -0.25) is 4.72 Å². The SMILES string of the molecule is CCc1nc(Nc2ccc(S(=O)(=O)Nc3ccc(Cl)nn3)cc2)sc1C(=O)O. The zero-order chi connectivity index (χ0) is 20.3. The number of hydrogen-bond donors (Lipinski definition) is 3. The van der Waals surface area contributed by atoms with Crippen LogP contribution >= 0.6 is 22.9 Å². The number of aromatic nitrogens is 3. The number of nitrogens with zero attached hydrogens (tertiary/aromatic N) is 3. The van der Waals surface area contributed by atoms with E-state index in [0.717, 1.165) is 11.3 Å². The van der Waals surface area contributed by atoms with Crippen LogP contribution in [0.25, 0.3) is 0 Å². The molecule has 0 bridgehead atoms. The Balaban J connectivity index is 1.76. The monoisotopic (exact) mass is 439 g/mol. The van der Waals surface area contributed by atoms with E-state index in [0.29, 0.717) is 22.9 Å². The molecule has 3 N–H and O–H groups in total. The Bertz CT molecular complexity index is 1100. The lowest BCUT2D eigenvalue weighted by molar-refractivity contribution is 0.0700. The number of rotatable bonds is 7. The Kier molecular flexibility index (Phi) is 5.77. The van der Waals surface area contributed by atoms with Gasteiger partial charge in [0.2, 0.25) is 0 Å². The number of halogens is 1. The van der Waals surface area contributed by atoms with Gasteiger partial charge in [0, 0.05) is 5.69 Å². The Labute approximate surface area is 169 Å². The maximum atomic E-state index is 12.4. The molecular weight excluding hydrogens is 426 g/mol. The lowest BCUT2D eigenvalue weighted by Crippen LogP contribution is -2.14. The van der Waals surface area contributed by atoms with Crippen molar-refractivity contribution in [3.8, 4) is 0 Å². The molecule has 2 aromatic heterocycles. The molecule has 0 amide bonds. The summed E-state index contributed by atoms with van der Waals surface area (Å²) in [7, 11) is -3.85. The minimum Gasteiger partial charge on any atom is -0.477 e. The Morgan fingerprint density at radius 2 is 1.89 bits per heavy atom. The first-order chi connectivity index (χ1) is 13.3. The molecule has 0 aliphatic carbocycles. The second kappa shape index (κ2) is 8.09. The van der Waals surface area contributed by atoms with Crippen LogP contribution in [0.2, 0.25) is 5.15 Å². The van der Waals surface area contributed by atoms with Crippen LogP contribution < -0.4 is 10.0 Å². The van der Waals surface area contributed by atoms with Crippen molar-refractivity contribution in [2.45, 2.75) is 18.2 Å². The molecule has 9 nitrogen and oxygen atoms in total. The average molecular weight is 440 g/mol. The van der Waals surface area contributed by atoms with Crippen LogP contribution in [0.15, 0.2) is 41.3 Å². The van der Waals surface area contributed by atoms with Crippen LogP contribution in [-0.4, -0.2) is 34.7 Å². The number of carboxylic acids is 1. The van der Waals surface area contributed by atoms with Crippen molar-refractivity contribution >= 4 is 55.6 Å². The van der Waals surface area contributed by atoms with Crippen molar-refractivity contribution < 1.29 is 18.3 Å². The molecule has 0 aliphatic heterocycles. The number of aromatic carboxylic acids is 1. The lowest BCUT2D eigenvalue weighted by atomic mass is 10.3. The van der Waals surface area contributed by atoms with Gasteiger partial charge < -0.3 is 10.4 Å². The molecule has 0 saturated heterocycles. The maximum absolute atomic E-state index is 12.4. The minimum atomic E-state index is -3.85. The molecule has 1 aromatic carbocycles. The first kappa shape index (κ1) is 20.0. The van der Waals surface area contributed by atoms with Gasteiger partial charge in [-0.05, 0) is 42.8 Å². The third kappa shape index (κ3) is 4.55. The molecule has 2 heterocycles. The van der Waals surface area contributed by atoms with Gasteiger partial charge in [-0.2, -0.15) is 0 Å². The predicted octanol–water partition coefficient (Wildman–Crippen LogP) is 3.39. The molecule has 0 fully saturated rings. The quantitative estimate of drug-likeness (QED) is 0.509. The Morgan fingerprint density at radius 1 is 1.18 bits per heavy atom. The lowest BCUT2D eigenvalue weighted by Gasteiger charge is -2.08. The van der Waals surface area contributed by atoms with Crippen LogP contribution in [0.5, 0.6) is 0 Å². The zero-order valence-corrected chi connectivity index (χ0v) is 16.8. The number of carbonyl (C=O) groups is 1. The van der Waals surface area contributed by atoms with Gasteiger partial charge in [-0.1, -0.05) is 29.9 Å². The first-order valence-electron chi connectivity index (χ1n) is 7.90. The van der Waals surface area contributed by atoms with E-state index in [4.69, 9.17) is 11.6 Å². The number of aryl methyl sites for hydroxylation is 1. The summed E-state index contributed by atoms with van der Waals surface area (Å²) < 4.78 is 27.1. The van der Waals surface area contributed by atoms with Gasteiger partial charge in [0.25, 0.3) is 10.0 Å². The minimum absolute atomic E-state index is 0.0226. The number of nitrogens with one attached hydrogen (secondary N) is 2. The molecule has 0 radical (unpaired) electrons. The van der Waals surface area contributed by atoms with E-state index in [2.05, 4.69) is 25.2 Å². The fourth-order valence-corrected chi connectivity index (χ4v) is 4.23. The molecule has 28 heavy (non-hydrogen) atoms. The van der Waals surface area contributed by atoms with Crippen molar-refractivity contribution in [1.82, 2.24) is 15.2 Å². The summed E-state index contributed by atoms with van der Waals surface area (Å²) >= 11 is 6.65. The molecule has 0 atom stereocenters. The maximum Gasteiger partial charge on any atom is 0.347 e. The Hall–Kier alpha value is -2.76. The van der Waals surface area contributed by atoms with Gasteiger partial charge in [-0.15, -0.1) is 10.2 Å². The van der Waals surface area contributed by atoms with Gasteiger partial charge in [0.1, 0.15) is 4.88 Å². The molecule has 12 heteroatoms. The summed E-state index contributed by atoms with van der Waals surface area (Å²) in [5.41, 5.74) is 1.06. The molecule has 0 saturated carbocycles. The van der Waals surface area contributed by atoms with E-state index in [1.54, 1.807) is 12.1 Å². The molecule has 0 unspecified atom stereocenters. The summed E-state index contributed by atoms with van der Waals surface area (Å²) in [5, 5.41) is 20.0. The van der Waals surface area contributed by atoms with E-state index >= 15 is 0 Å². The molecule has 0 aliphatic rings. The highest BCUT2D eigenvalue weighted by Crippen LogP contribution is 2.27. The summed E-state index contributed by atoms with van der Waals surface area (Å²) in [6, 6.07) is 8.73. The van der Waals surface area contributed by atoms with E-state index in [-0.39, 0.29) is 20.7 Å². The van der Waals surface area contributed by atoms with Gasteiger partial charge in [0.15, 0.2) is 16.1 Å². The summed E-state index contributed by atoms with van der Waals surface area (Å²) in [5.74, 6) is -0.983. The van der Waals surface area contributed by atoms with Crippen molar-refractivity contribution in [1.29, 1.82) is 0 Å². The highest BCUT2D eigenvalue weighted by atomic mass is 35.5. The van der Waals surface area contributed by atoms with Crippen LogP contribution in [0.1, 0.15) is 22.3 Å². The number of anilines is 3. The van der Waals surface area contributed by atoms with E-state index in [9.17, 15) is 18.3 Å². The number of benzene rings is 1. The molecular formula is C16H14ClN5O4S2. The highest BCUT2D eigenvalue weighted by Gasteiger charge is 2.17. The van der Waals surface area contributed by atoms with Gasteiger partial charge >= 0.3 is 5.97 Å². The fraction of sp³-hybridized carbons (Fsp3) is 0.125. The summed E-state index contributed by atoms with van der Waals surface area (Å²) in [4.78, 5) is 15.7. The van der Waals surface area contributed by atoms with Crippen molar-refractivity contribution in [3.63, 3.8) is 0 Å². The van der Waals surface area contributed by atoms with Crippen molar-refractivity contribution in [2.75, 3.05) is 10.0 Å². The van der Waals surface area contributed by atoms with Crippen LogP contribution in [0, 0.1) is 0 Å². The number of carboxylic acid groups (broad SMARTS) is 1. The fourth-order valence-electron chi connectivity index (χ4n) is 2.22. The zero-order valence-electron chi connectivity index (χ0n) is 14.4. The summed E-state index contributed by atoms with van der Waals surface area (Å²) in [6.07, 6.45) is 0.496. The Morgan fingerprint density at radius 3 is 2.43 bits per heavy atom. The number of thiazole rings is 1. The summed E-state index contributed by atoms with van der Waals surface area (Å²) in [6.45, 7) is 1.82. The van der Waals surface area contributed by atoms with E-state index in [1.165, 1.54) is 24.3 Å². The standard InChI is InChI=1S/C16H14ClN5O4S2/c1-2-11-14(15(23)24)27-16(19-11)18-9-3-5-10(6-4-9)28(25,26)22-13-8-7-12(17)20-21-13/h3-8H,2H2,1H3,(H,18,19)(H,21,22)(H,23,24). The van der Waals surface area contributed by atoms with Gasteiger partial charge in [-0.25, -0.2) is 18.2 Å². The molecule has 3 aromatic rings. The van der Waals surface area contributed by atoms with Crippen LogP contribution in [-0.2, 0) is 16.4 Å². The van der Waals surface area contributed by atoms with Crippen LogP contribution in [0.3, 0.4) is 0 Å². The highest BCUT2D eigenvalue weighted by molar-refractivity contribution is 7.92. The van der Waals surface area contributed by atoms with Crippen molar-refractivity contribution in [2.24, 2.45) is 0 Å². The average Bonchev–Trinajstić information content (AvgIpc) is 3.07. The molecule has 146 valence electrons. The largest absolute Gasteiger partial charge is 0.477 e. The first-order valence-corrected chi connectivity index (χ1v) is 10.6. The smallest absolute Gasteiger partial charge is 0.347 e. The van der Waals surface area contributed by atoms with Crippen molar-refractivity contribution in [3.05, 3.63) is 52.1 Å². The van der Waals surface area contributed by atoms with Gasteiger partial charge in [0.05, 0.1) is 10.6 Å². The number of hydrogen-bond acceptors (Lipinski definition) is 8. The van der Waals surface area contributed by atoms with E-state index in [1.807, 2.05) is 6.92 Å². The normalized spacial score (nSPS) is 11.2. The second-order valence-corrected chi connectivity index (χ2v) is 8.52. The third-order valence-electron chi connectivity index (χ3n) is 3.51. The van der Waals surface area contributed by atoms with Crippen LogP contribution in [0.4, 0.5) is 16.6 Å². The second-order valence-electron chi connectivity index (χ2n) is 5.45. The van der Waals surface area contributed by atoms with E-state index < -0.39 is 16.0 Å². The third-order valence-corrected chi connectivity index (χ3v) is 6.09. The molecule has 0 spiro atoms. The molecule has 3 rings (SSSR count). The topological polar surface area (TPSA) is 134 Å².